The van der Waals surface area contributed by atoms with Gasteiger partial charge in [-0.15, -0.1) is 0 Å². The molecule has 0 aliphatic carbocycles. The Kier molecular flexibility index (Phi) is 35.3. The third kappa shape index (κ3) is 29.5. The number of amides is 13. The fraction of sp³-hybridized carbons (Fsp3) is 0.623. The van der Waals surface area contributed by atoms with Crippen molar-refractivity contribution in [3.8, 4) is 5.75 Å². The van der Waals surface area contributed by atoms with Gasteiger partial charge in [0.15, 0.2) is 12.1 Å². The molecule has 3 rings (SSSR count). The maximum atomic E-state index is 15.8. The number of ether oxygens (including phenoxy) is 2. The highest BCUT2D eigenvalue weighted by atomic mass is 16.5. The molecule has 2 aromatic rings. The van der Waals surface area contributed by atoms with Crippen LogP contribution in [0.5, 0.6) is 5.75 Å². The van der Waals surface area contributed by atoms with Gasteiger partial charge in [-0.25, -0.2) is 4.79 Å². The SMILES string of the molecule is CC[C@H](C)[C@@H]1NC(=O)[C@@H](CCCNC(=N)N)NC(=O)[C@H](CC(C)C)NC(=O)[C@H]([C@H](O)C(C)C)NC(=O)[C@@H](NC(=O)[C@H](CC(C)(C)C)NC(=O)[C@@H](CC(C)(C)C)NC(=O)OCc2ccccc2)[C@H](c2ccc(OC)cc2)NC(=O)[C@H](CO)NC(=O)[C@H]([C@H](O)C(N)=O)NC(=O)CNC(=O)[C@H]([C@H](C)O)NC1=O. The normalized spacial score (nSPS) is 23.0. The van der Waals surface area contributed by atoms with Crippen molar-refractivity contribution >= 4 is 82.9 Å². The highest BCUT2D eigenvalue weighted by Crippen LogP contribution is 2.27. The summed E-state index contributed by atoms with van der Waals surface area (Å²) in [6, 6.07) is -6.32. The molecule has 0 radical (unpaired) electrons. The quantitative estimate of drug-likeness (QED) is 0.0269. The Labute approximate surface area is 605 Å². The van der Waals surface area contributed by atoms with Gasteiger partial charge in [-0.2, -0.15) is 0 Å². The first-order valence-corrected chi connectivity index (χ1v) is 34.4. The molecule has 15 atom stereocenters. The lowest BCUT2D eigenvalue weighted by atomic mass is 9.86. The van der Waals surface area contributed by atoms with Gasteiger partial charge in [0.05, 0.1) is 38.5 Å². The van der Waals surface area contributed by atoms with E-state index in [9.17, 15) is 68.4 Å². The van der Waals surface area contributed by atoms with Gasteiger partial charge in [-0.1, -0.05) is 132 Å². The number of methoxy groups -OCH3 is 1. The first-order chi connectivity index (χ1) is 48.5. The lowest BCUT2D eigenvalue weighted by Gasteiger charge is -2.35. The van der Waals surface area contributed by atoms with Crippen molar-refractivity contribution in [2.45, 2.75) is 220 Å². The zero-order valence-corrected chi connectivity index (χ0v) is 61.6. The molecule has 1 heterocycles. The lowest BCUT2D eigenvalue weighted by Crippen LogP contribution is -2.65. The van der Waals surface area contributed by atoms with Gasteiger partial charge in [-0.3, -0.25) is 62.9 Å². The molecular weight excluding hydrogens is 1360 g/mol. The fourth-order valence-electron chi connectivity index (χ4n) is 10.8. The number of aliphatic hydroxyl groups is 4. The van der Waals surface area contributed by atoms with Crippen LogP contribution >= 0.6 is 0 Å². The Morgan fingerprint density at radius 3 is 1.68 bits per heavy atom. The third-order valence-corrected chi connectivity index (χ3v) is 16.6. The number of benzene rings is 2. The number of nitrogens with one attached hydrogen (secondary N) is 14. The maximum absolute atomic E-state index is 15.8. The maximum Gasteiger partial charge on any atom is 0.408 e. The van der Waals surface area contributed by atoms with Crippen LogP contribution < -0.4 is 85.3 Å². The monoisotopic (exact) mass is 1470 g/mol. The van der Waals surface area contributed by atoms with Crippen LogP contribution in [-0.4, -0.2) is 209 Å². The molecule has 0 bridgehead atoms. The molecule has 0 spiro atoms. The topological polar surface area (TPSA) is 554 Å². The van der Waals surface area contributed by atoms with E-state index in [1.54, 1.807) is 99.6 Å². The van der Waals surface area contributed by atoms with Crippen molar-refractivity contribution in [1.29, 1.82) is 5.41 Å². The average molecular weight is 1470 g/mol. The highest BCUT2D eigenvalue weighted by Gasteiger charge is 2.44. The number of aliphatic hydroxyl groups excluding tert-OH is 4. The molecule has 1 saturated heterocycles. The first-order valence-electron chi connectivity index (χ1n) is 34.4. The number of carbonyl (C=O) groups is 13. The Hall–Kier alpha value is -9.74. The molecule has 104 heavy (non-hydrogen) atoms. The summed E-state index contributed by atoms with van der Waals surface area (Å²) in [5.41, 5.74) is 9.99. The van der Waals surface area contributed by atoms with Gasteiger partial charge >= 0.3 is 6.09 Å². The number of rotatable bonds is 25. The van der Waals surface area contributed by atoms with Crippen LogP contribution in [-0.2, 0) is 68.9 Å². The number of guanidine groups is 1. The van der Waals surface area contributed by atoms with E-state index >= 15 is 14.4 Å². The number of hydrogen-bond donors (Lipinski definition) is 20. The van der Waals surface area contributed by atoms with E-state index < -0.39 is 209 Å². The Bertz CT molecular complexity index is 3270. The van der Waals surface area contributed by atoms with Gasteiger partial charge < -0.3 is 110 Å². The van der Waals surface area contributed by atoms with Crippen LogP contribution in [0.4, 0.5) is 4.79 Å². The highest BCUT2D eigenvalue weighted by molar-refractivity contribution is 6.01. The van der Waals surface area contributed by atoms with Crippen LogP contribution in [0, 0.1) is 34.0 Å². The molecule has 2 aromatic carbocycles. The Morgan fingerprint density at radius 1 is 0.625 bits per heavy atom. The van der Waals surface area contributed by atoms with Gasteiger partial charge in [0, 0.05) is 6.54 Å². The molecule has 35 nitrogen and oxygen atoms in total. The van der Waals surface area contributed by atoms with E-state index in [0.717, 1.165) is 6.92 Å². The van der Waals surface area contributed by atoms with E-state index in [-0.39, 0.29) is 63.0 Å². The van der Waals surface area contributed by atoms with Crippen molar-refractivity contribution in [2.75, 3.05) is 26.8 Å². The molecule has 0 unspecified atom stereocenters. The van der Waals surface area contributed by atoms with Crippen molar-refractivity contribution in [3.05, 3.63) is 65.7 Å². The minimum absolute atomic E-state index is 0.00464. The fourth-order valence-corrected chi connectivity index (χ4v) is 10.8. The van der Waals surface area contributed by atoms with E-state index in [4.69, 9.17) is 26.4 Å². The smallest absolute Gasteiger partial charge is 0.408 e. The molecule has 0 aromatic heterocycles. The molecule has 1 fully saturated rings. The van der Waals surface area contributed by atoms with Crippen molar-refractivity contribution < 1.29 is 92.2 Å². The largest absolute Gasteiger partial charge is 0.497 e. The van der Waals surface area contributed by atoms with Crippen LogP contribution in [0.25, 0.3) is 0 Å². The number of primary amides is 1. The van der Waals surface area contributed by atoms with Crippen molar-refractivity contribution in [1.82, 2.24) is 69.1 Å². The third-order valence-electron chi connectivity index (χ3n) is 16.6. The molecule has 13 amide bonds. The number of carbonyl (C=O) groups excluding carboxylic acids is 13. The summed E-state index contributed by atoms with van der Waals surface area (Å²) in [5.74, 6) is -17.0. The summed E-state index contributed by atoms with van der Waals surface area (Å²) in [6.45, 7) is 18.6. The molecule has 580 valence electrons. The van der Waals surface area contributed by atoms with E-state index in [1.165, 1.54) is 45.2 Å². The Morgan fingerprint density at radius 2 is 1.15 bits per heavy atom. The first kappa shape index (κ1) is 88.5. The molecule has 1 aliphatic heterocycles. The minimum Gasteiger partial charge on any atom is -0.497 e. The van der Waals surface area contributed by atoms with Crippen LogP contribution in [0.3, 0.4) is 0 Å². The average Bonchev–Trinajstić information content (AvgIpc) is 0.805. The molecule has 0 saturated carbocycles. The second-order valence-electron chi connectivity index (χ2n) is 29.0. The van der Waals surface area contributed by atoms with Gasteiger partial charge in [0.2, 0.25) is 70.9 Å². The molecule has 1 aliphatic rings. The Balaban J connectivity index is 2.48. The molecule has 22 N–H and O–H groups in total. The summed E-state index contributed by atoms with van der Waals surface area (Å²) in [6.07, 6.45) is -7.51. The second-order valence-corrected chi connectivity index (χ2v) is 29.0. The van der Waals surface area contributed by atoms with Crippen LogP contribution in [0.2, 0.25) is 0 Å². The van der Waals surface area contributed by atoms with Crippen molar-refractivity contribution in [3.63, 3.8) is 0 Å². The van der Waals surface area contributed by atoms with Crippen LogP contribution in [0.1, 0.15) is 146 Å². The summed E-state index contributed by atoms with van der Waals surface area (Å²) in [5, 5.41) is 84.5. The number of nitrogens with two attached hydrogens (primary N) is 2. The zero-order valence-electron chi connectivity index (χ0n) is 61.6. The minimum atomic E-state index is -2.60. The predicted octanol–water partition coefficient (Wildman–Crippen LogP) is -2.90. The number of alkyl carbamates (subject to hydrolysis) is 1. The second kappa shape index (κ2) is 41.5. The van der Waals surface area contributed by atoms with Gasteiger partial charge in [0.1, 0.15) is 72.8 Å². The van der Waals surface area contributed by atoms with E-state index in [0.29, 0.717) is 5.56 Å². The summed E-state index contributed by atoms with van der Waals surface area (Å²) in [7, 11) is 1.32. The van der Waals surface area contributed by atoms with Crippen LogP contribution in [0.15, 0.2) is 54.6 Å². The zero-order chi connectivity index (χ0) is 78.7. The van der Waals surface area contributed by atoms with Gasteiger partial charge in [0.25, 0.3) is 0 Å². The van der Waals surface area contributed by atoms with E-state index in [1.807, 2.05) is 5.32 Å². The lowest BCUT2D eigenvalue weighted by molar-refractivity contribution is -0.140. The predicted molar refractivity (Wildman–Crippen MR) is 379 cm³/mol. The van der Waals surface area contributed by atoms with E-state index in [2.05, 4.69) is 63.8 Å². The number of hydrogen-bond acceptors (Lipinski definition) is 20. The van der Waals surface area contributed by atoms with Crippen molar-refractivity contribution in [2.24, 2.45) is 40.1 Å². The summed E-state index contributed by atoms with van der Waals surface area (Å²) in [4.78, 5) is 188. The standard InChI is InChI=1S/C69H110N16O19/c1-15-36(6)47-62(98)82-48(37(7)87)61(97)74-31-46(88)80-52(54(90)55(70)91)65(101)78-45(32-86)60(96)83-49(39-23-25-40(103-14)26-24-39)50(84-59(95)43(29-68(8,9)10)77-58(94)44(30-69(11,12)13)79-67(102)104-33-38-20-17-16-18-21-38)63(99)85-51(53(89)35(4)5)64(100)76-42(28-34(2)3)57(93)75-41(56(92)81-47)22-19-27-73-66(71)72/h16-18,20-21,23-26,34-37,41-45,47-54,86-87,89-90H,15,19,22,27-33H2,1-14H3,(H2,70,91)(H,74,97)(H,75,93)(H,76,100)(H,77,94)(H,78,101)(H,79,102)(H,80,88)(H,81,92)(H,82,98)(H,83,96)(H,84,95)(H,85,99)(H4,71,72,73)/t36-,37-,41+,42-,43-,44+,45-,47-,48-,49-,50-,51-,52-,53+,54-/m0/s1. The molecular formula is C69H110N16O19. The molecule has 35 heteroatoms. The summed E-state index contributed by atoms with van der Waals surface area (Å²) < 4.78 is 10.9. The summed E-state index contributed by atoms with van der Waals surface area (Å²) >= 11 is 0. The van der Waals surface area contributed by atoms with Gasteiger partial charge in [-0.05, 0) is 90.9 Å².